The number of ether oxygens (including phenoxy) is 1. The molecule has 0 N–H and O–H groups in total. The summed E-state index contributed by atoms with van der Waals surface area (Å²) in [4.78, 5) is 0. The molecule has 2 rings (SSSR count). The molecule has 2 fully saturated rings. The SMILES string of the molecule is C=C1CCC2CC1COC2(C)C. The van der Waals surface area contributed by atoms with Gasteiger partial charge in [-0.3, -0.25) is 0 Å². The van der Waals surface area contributed by atoms with E-state index in [2.05, 4.69) is 20.4 Å². The molecule has 0 spiro atoms. The van der Waals surface area contributed by atoms with Crippen LogP contribution < -0.4 is 0 Å². The van der Waals surface area contributed by atoms with Gasteiger partial charge in [-0.2, -0.15) is 0 Å². The lowest BCUT2D eigenvalue weighted by molar-refractivity contribution is -0.121. The van der Waals surface area contributed by atoms with Crippen LogP contribution in [0.15, 0.2) is 12.2 Å². The molecule has 1 heterocycles. The zero-order valence-electron chi connectivity index (χ0n) is 8.10. The average molecular weight is 166 g/mol. The van der Waals surface area contributed by atoms with Crippen LogP contribution in [0.5, 0.6) is 0 Å². The summed E-state index contributed by atoms with van der Waals surface area (Å²) in [5.74, 6) is 1.43. The van der Waals surface area contributed by atoms with Crippen LogP contribution in [0.3, 0.4) is 0 Å². The molecule has 0 aromatic rings. The highest BCUT2D eigenvalue weighted by Gasteiger charge is 2.40. The number of hydrogen-bond donors (Lipinski definition) is 0. The number of rotatable bonds is 0. The first-order chi connectivity index (χ1) is 5.59. The summed E-state index contributed by atoms with van der Waals surface area (Å²) in [7, 11) is 0. The average Bonchev–Trinajstić information content (AvgIpc) is 2.02. The molecule has 12 heavy (non-hydrogen) atoms. The predicted octanol–water partition coefficient (Wildman–Crippen LogP) is 2.77. The third kappa shape index (κ3) is 1.20. The van der Waals surface area contributed by atoms with Gasteiger partial charge in [-0.15, -0.1) is 0 Å². The van der Waals surface area contributed by atoms with Crippen LogP contribution in [0.4, 0.5) is 0 Å². The lowest BCUT2D eigenvalue weighted by atomic mass is 9.70. The van der Waals surface area contributed by atoms with Gasteiger partial charge in [-0.1, -0.05) is 12.2 Å². The minimum absolute atomic E-state index is 0.122. The second-order valence-corrected chi connectivity index (χ2v) is 4.74. The van der Waals surface area contributed by atoms with Crippen molar-refractivity contribution in [1.82, 2.24) is 0 Å². The molecule has 2 atom stereocenters. The quantitative estimate of drug-likeness (QED) is 0.503. The van der Waals surface area contributed by atoms with Crippen molar-refractivity contribution in [3.05, 3.63) is 12.2 Å². The molecule has 0 amide bonds. The summed E-state index contributed by atoms with van der Waals surface area (Å²) in [6, 6.07) is 0. The molecule has 68 valence electrons. The maximum atomic E-state index is 5.84. The van der Waals surface area contributed by atoms with Crippen molar-refractivity contribution in [2.45, 2.75) is 38.7 Å². The van der Waals surface area contributed by atoms with Gasteiger partial charge < -0.3 is 4.74 Å². The Morgan fingerprint density at radius 1 is 1.50 bits per heavy atom. The summed E-state index contributed by atoms with van der Waals surface area (Å²) < 4.78 is 5.84. The molecular weight excluding hydrogens is 148 g/mol. The van der Waals surface area contributed by atoms with Crippen LogP contribution in [0.2, 0.25) is 0 Å². The van der Waals surface area contributed by atoms with E-state index >= 15 is 0 Å². The Kier molecular flexibility index (Phi) is 1.80. The van der Waals surface area contributed by atoms with Crippen molar-refractivity contribution in [1.29, 1.82) is 0 Å². The summed E-state index contributed by atoms with van der Waals surface area (Å²) in [5.41, 5.74) is 1.54. The molecule has 1 saturated carbocycles. The van der Waals surface area contributed by atoms with Crippen molar-refractivity contribution < 1.29 is 4.74 Å². The molecule has 0 aromatic heterocycles. The van der Waals surface area contributed by atoms with E-state index in [4.69, 9.17) is 4.74 Å². The van der Waals surface area contributed by atoms with E-state index in [-0.39, 0.29) is 5.60 Å². The first-order valence-corrected chi connectivity index (χ1v) is 4.91. The Morgan fingerprint density at radius 2 is 2.25 bits per heavy atom. The minimum Gasteiger partial charge on any atom is -0.375 e. The van der Waals surface area contributed by atoms with Gasteiger partial charge in [0.15, 0.2) is 0 Å². The monoisotopic (exact) mass is 166 g/mol. The molecule has 0 aromatic carbocycles. The van der Waals surface area contributed by atoms with E-state index in [1.54, 1.807) is 0 Å². The van der Waals surface area contributed by atoms with Crippen molar-refractivity contribution in [3.63, 3.8) is 0 Å². The maximum Gasteiger partial charge on any atom is 0.0655 e. The van der Waals surface area contributed by atoms with Crippen LogP contribution in [0.25, 0.3) is 0 Å². The van der Waals surface area contributed by atoms with Gasteiger partial charge >= 0.3 is 0 Å². The highest BCUT2D eigenvalue weighted by atomic mass is 16.5. The smallest absolute Gasteiger partial charge is 0.0655 e. The third-order valence-corrected chi connectivity index (χ3v) is 3.60. The maximum absolute atomic E-state index is 5.84. The Morgan fingerprint density at radius 3 is 3.00 bits per heavy atom. The van der Waals surface area contributed by atoms with Crippen molar-refractivity contribution in [3.8, 4) is 0 Å². The van der Waals surface area contributed by atoms with Crippen molar-refractivity contribution in [2.75, 3.05) is 6.61 Å². The van der Waals surface area contributed by atoms with Crippen LogP contribution in [-0.4, -0.2) is 12.2 Å². The molecule has 2 aliphatic rings. The van der Waals surface area contributed by atoms with E-state index in [0.717, 1.165) is 12.5 Å². The predicted molar refractivity (Wildman–Crippen MR) is 50.0 cm³/mol. The largest absolute Gasteiger partial charge is 0.375 e. The fourth-order valence-electron chi connectivity index (χ4n) is 2.44. The second-order valence-electron chi connectivity index (χ2n) is 4.74. The summed E-state index contributed by atoms with van der Waals surface area (Å²) in [6.45, 7) is 9.46. The molecular formula is C11H18O. The van der Waals surface area contributed by atoms with Crippen LogP contribution >= 0.6 is 0 Å². The zero-order valence-corrected chi connectivity index (χ0v) is 8.10. The minimum atomic E-state index is 0.122. The van der Waals surface area contributed by atoms with Crippen molar-refractivity contribution >= 4 is 0 Å². The van der Waals surface area contributed by atoms with E-state index in [1.165, 1.54) is 24.8 Å². The first kappa shape index (κ1) is 8.31. The fraction of sp³-hybridized carbons (Fsp3) is 0.818. The summed E-state index contributed by atoms with van der Waals surface area (Å²) in [5, 5.41) is 0. The Labute approximate surface area is 74.8 Å². The van der Waals surface area contributed by atoms with Crippen molar-refractivity contribution in [2.24, 2.45) is 11.8 Å². The van der Waals surface area contributed by atoms with Gasteiger partial charge in [-0.05, 0) is 39.0 Å². The van der Waals surface area contributed by atoms with E-state index in [9.17, 15) is 0 Å². The lowest BCUT2D eigenvalue weighted by Gasteiger charge is -2.46. The Hall–Kier alpha value is -0.300. The first-order valence-electron chi connectivity index (χ1n) is 4.91. The van der Waals surface area contributed by atoms with E-state index < -0.39 is 0 Å². The Bertz CT molecular complexity index is 205. The molecule has 1 saturated heterocycles. The molecule has 1 aliphatic carbocycles. The normalized spacial score (nSPS) is 39.7. The van der Waals surface area contributed by atoms with Gasteiger partial charge in [0, 0.05) is 5.92 Å². The standard InChI is InChI=1S/C11H18O/c1-8-4-5-10-6-9(8)7-12-11(10,2)3/h9-10H,1,4-7H2,2-3H3. The highest BCUT2D eigenvalue weighted by molar-refractivity contribution is 5.09. The van der Waals surface area contributed by atoms with E-state index in [0.29, 0.717) is 5.92 Å². The van der Waals surface area contributed by atoms with Crippen LogP contribution in [0, 0.1) is 11.8 Å². The molecule has 2 unspecified atom stereocenters. The van der Waals surface area contributed by atoms with Crippen LogP contribution in [-0.2, 0) is 4.74 Å². The van der Waals surface area contributed by atoms with Gasteiger partial charge in [0.1, 0.15) is 0 Å². The van der Waals surface area contributed by atoms with Gasteiger partial charge in [0.05, 0.1) is 12.2 Å². The fourth-order valence-corrected chi connectivity index (χ4v) is 2.44. The zero-order chi connectivity index (χ0) is 8.77. The van der Waals surface area contributed by atoms with E-state index in [1.807, 2.05) is 0 Å². The topological polar surface area (TPSA) is 9.23 Å². The molecule has 2 bridgehead atoms. The van der Waals surface area contributed by atoms with Gasteiger partial charge in [0.2, 0.25) is 0 Å². The van der Waals surface area contributed by atoms with Crippen LogP contribution in [0.1, 0.15) is 33.1 Å². The summed E-state index contributed by atoms with van der Waals surface area (Å²) >= 11 is 0. The molecule has 1 heteroatoms. The molecule has 0 radical (unpaired) electrons. The highest BCUT2D eigenvalue weighted by Crippen LogP contribution is 2.43. The Balaban J connectivity index is 2.14. The second kappa shape index (κ2) is 2.59. The lowest BCUT2D eigenvalue weighted by Crippen LogP contribution is -2.45. The van der Waals surface area contributed by atoms with Gasteiger partial charge in [-0.25, -0.2) is 0 Å². The summed E-state index contributed by atoms with van der Waals surface area (Å²) in [6.07, 6.45) is 3.82. The van der Waals surface area contributed by atoms with Gasteiger partial charge in [0.25, 0.3) is 0 Å². The number of hydrogen-bond acceptors (Lipinski definition) is 1. The number of fused-ring (bicyclic) bond motifs is 2. The molecule has 1 aliphatic heterocycles. The third-order valence-electron chi connectivity index (χ3n) is 3.60. The molecule has 1 nitrogen and oxygen atoms in total.